The Hall–Kier alpha value is -1.45. The zero-order chi connectivity index (χ0) is 33.1. The van der Waals surface area contributed by atoms with Gasteiger partial charge in [0.05, 0.1) is 18.0 Å². The molecule has 0 aliphatic heterocycles. The maximum absolute atomic E-state index is 7.73. The lowest BCUT2D eigenvalue weighted by molar-refractivity contribution is 0.0965. The largest absolute Gasteiger partial charge is 0.546 e. The molecule has 3 nitrogen and oxygen atoms in total. The third-order valence-electron chi connectivity index (χ3n) is 10.6. The molecule has 3 rings (SSSR count). The van der Waals surface area contributed by atoms with Crippen molar-refractivity contribution in [2.75, 3.05) is 0 Å². The van der Waals surface area contributed by atoms with Crippen LogP contribution in [0.2, 0.25) is 39.8 Å². The molecule has 6 heteroatoms. The second kappa shape index (κ2) is 14.1. The molecule has 0 heterocycles. The quantitative estimate of drug-likeness (QED) is 0.226. The van der Waals surface area contributed by atoms with Gasteiger partial charge in [-0.1, -0.05) is 144 Å². The molecule has 1 aliphatic rings. The Bertz CT molecular complexity index is 1150. The van der Waals surface area contributed by atoms with Crippen LogP contribution < -0.4 is 10.4 Å². The lowest BCUT2D eigenvalue weighted by atomic mass is 10.1. The van der Waals surface area contributed by atoms with Crippen LogP contribution in [0.25, 0.3) is 0 Å². The summed E-state index contributed by atoms with van der Waals surface area (Å²) in [5.41, 5.74) is 1.57. The minimum Gasteiger partial charge on any atom is -0.546 e. The van der Waals surface area contributed by atoms with E-state index < -0.39 is 25.0 Å². The van der Waals surface area contributed by atoms with E-state index in [0.29, 0.717) is 16.6 Å². The van der Waals surface area contributed by atoms with E-state index in [1.54, 1.807) is 0 Å². The van der Waals surface area contributed by atoms with Crippen molar-refractivity contribution >= 4 is 35.3 Å². The summed E-state index contributed by atoms with van der Waals surface area (Å²) in [6, 6.07) is 22.1. The molecule has 0 aromatic heterocycles. The maximum atomic E-state index is 7.73. The van der Waals surface area contributed by atoms with Crippen molar-refractivity contribution in [2.45, 2.75) is 154 Å². The second-order valence-corrected chi connectivity index (χ2v) is 31.1. The SMILES string of the molecule is CC(C)[Si](OC1=CC[C@H](O[Si](c2ccccc2)(c2ccccc2)C(C)(C)C)C[C@H](O[Si](C)(C)C(C)(C)C)C1)(C(C)C)C(C)C. The van der Waals surface area contributed by atoms with Crippen LogP contribution in [0.5, 0.6) is 0 Å². The molecule has 2 aromatic rings. The van der Waals surface area contributed by atoms with E-state index in [-0.39, 0.29) is 22.3 Å². The summed E-state index contributed by atoms with van der Waals surface area (Å²) >= 11 is 0. The lowest BCUT2D eigenvalue weighted by Crippen LogP contribution is -2.67. The summed E-state index contributed by atoms with van der Waals surface area (Å²) in [6.07, 6.45) is 5.03. The van der Waals surface area contributed by atoms with Gasteiger partial charge in [0.2, 0.25) is 0 Å². The molecule has 0 amide bonds. The summed E-state index contributed by atoms with van der Waals surface area (Å²) in [6.45, 7) is 33.2. The molecule has 0 saturated heterocycles. The Morgan fingerprint density at radius 3 is 1.48 bits per heavy atom. The molecule has 0 unspecified atom stereocenters. The van der Waals surface area contributed by atoms with Gasteiger partial charge in [-0.25, -0.2) is 0 Å². The topological polar surface area (TPSA) is 27.7 Å². The maximum Gasteiger partial charge on any atom is 0.261 e. The standard InChI is InChI=1S/C38H64O3Si3/c1-29(2)43(30(3)4,31(5)6)40-32-25-26-33(28-34(27-32)39-42(13,14)37(7,8)9)41-44(38(10,11)12,35-21-17-15-18-22-35)36-23-19-16-20-24-36/h15-25,29-31,33-34H,26-28H2,1-14H3/t33-,34+/m0/s1. The highest BCUT2D eigenvalue weighted by Gasteiger charge is 2.52. The van der Waals surface area contributed by atoms with Gasteiger partial charge < -0.3 is 13.3 Å². The number of hydrogen-bond acceptors (Lipinski definition) is 3. The molecule has 0 bridgehead atoms. The molecule has 0 saturated carbocycles. The van der Waals surface area contributed by atoms with Crippen molar-refractivity contribution in [3.63, 3.8) is 0 Å². The third-order valence-corrected chi connectivity index (χ3v) is 26.3. The van der Waals surface area contributed by atoms with Crippen molar-refractivity contribution < 1.29 is 13.3 Å². The van der Waals surface area contributed by atoms with Crippen LogP contribution in [0.15, 0.2) is 72.5 Å². The van der Waals surface area contributed by atoms with E-state index in [9.17, 15) is 0 Å². The van der Waals surface area contributed by atoms with Crippen LogP contribution in [0.4, 0.5) is 0 Å². The van der Waals surface area contributed by atoms with Gasteiger partial charge >= 0.3 is 0 Å². The first-order valence-corrected chi connectivity index (χ1v) is 24.1. The summed E-state index contributed by atoms with van der Waals surface area (Å²) in [5, 5.41) is 2.72. The Morgan fingerprint density at radius 2 is 1.09 bits per heavy atom. The first-order valence-electron chi connectivity index (χ1n) is 17.1. The van der Waals surface area contributed by atoms with E-state index in [1.165, 1.54) is 10.4 Å². The highest BCUT2D eigenvalue weighted by Crippen LogP contribution is 2.46. The number of benzene rings is 2. The van der Waals surface area contributed by atoms with Crippen LogP contribution in [0.3, 0.4) is 0 Å². The Balaban J connectivity index is 2.15. The molecule has 0 spiro atoms. The Morgan fingerprint density at radius 1 is 0.636 bits per heavy atom. The molecule has 2 atom stereocenters. The monoisotopic (exact) mass is 652 g/mol. The van der Waals surface area contributed by atoms with E-state index >= 15 is 0 Å². The van der Waals surface area contributed by atoms with Gasteiger partial charge in [0.15, 0.2) is 8.32 Å². The van der Waals surface area contributed by atoms with Crippen molar-refractivity contribution in [3.05, 3.63) is 72.5 Å². The minimum atomic E-state index is -2.71. The molecule has 0 fully saturated rings. The average molecular weight is 653 g/mol. The van der Waals surface area contributed by atoms with Crippen molar-refractivity contribution in [1.82, 2.24) is 0 Å². The first-order chi connectivity index (χ1) is 20.3. The number of hydrogen-bond donors (Lipinski definition) is 0. The van der Waals surface area contributed by atoms with E-state index in [0.717, 1.165) is 25.0 Å². The van der Waals surface area contributed by atoms with Gasteiger partial charge in [-0.2, -0.15) is 0 Å². The van der Waals surface area contributed by atoms with Gasteiger partial charge in [0.1, 0.15) is 0 Å². The van der Waals surface area contributed by atoms with Crippen LogP contribution in [-0.4, -0.2) is 37.2 Å². The minimum absolute atomic E-state index is 0.0328. The van der Waals surface area contributed by atoms with Gasteiger partial charge in [0.25, 0.3) is 16.6 Å². The smallest absolute Gasteiger partial charge is 0.261 e. The van der Waals surface area contributed by atoms with Crippen LogP contribution >= 0.6 is 0 Å². The molecular formula is C38H64O3Si3. The van der Waals surface area contributed by atoms with Crippen LogP contribution in [-0.2, 0) is 13.3 Å². The number of rotatable bonds is 11. The fourth-order valence-electron chi connectivity index (χ4n) is 7.43. The highest BCUT2D eigenvalue weighted by molar-refractivity contribution is 6.99. The predicted octanol–water partition coefficient (Wildman–Crippen LogP) is 10.6. The summed E-state index contributed by atoms with van der Waals surface area (Å²) < 4.78 is 22.4. The molecule has 2 aromatic carbocycles. The molecule has 246 valence electrons. The van der Waals surface area contributed by atoms with Crippen molar-refractivity contribution in [1.29, 1.82) is 0 Å². The van der Waals surface area contributed by atoms with Crippen LogP contribution in [0.1, 0.15) is 102 Å². The summed E-state index contributed by atoms with van der Waals surface area (Å²) in [4.78, 5) is 0. The van der Waals surface area contributed by atoms with E-state index in [2.05, 4.69) is 163 Å². The fraction of sp³-hybridized carbons (Fsp3) is 0.632. The zero-order valence-corrected chi connectivity index (χ0v) is 33.6. The molecule has 1 aliphatic carbocycles. The van der Waals surface area contributed by atoms with Gasteiger partial charge in [-0.05, 0) is 69.1 Å². The zero-order valence-electron chi connectivity index (χ0n) is 30.6. The van der Waals surface area contributed by atoms with Gasteiger partial charge in [0, 0.05) is 6.42 Å². The summed E-state index contributed by atoms with van der Waals surface area (Å²) in [7, 11) is -6.86. The average Bonchev–Trinajstić information content (AvgIpc) is 3.10. The lowest BCUT2D eigenvalue weighted by Gasteiger charge is -2.46. The molecular weight excluding hydrogens is 589 g/mol. The molecule has 0 N–H and O–H groups in total. The predicted molar refractivity (Wildman–Crippen MR) is 199 cm³/mol. The summed E-state index contributed by atoms with van der Waals surface area (Å²) in [5.74, 6) is 1.14. The highest BCUT2D eigenvalue weighted by atomic mass is 28.4. The van der Waals surface area contributed by atoms with Gasteiger partial charge in [-0.15, -0.1) is 0 Å². The Kier molecular flexibility index (Phi) is 11.9. The van der Waals surface area contributed by atoms with E-state index in [4.69, 9.17) is 13.3 Å². The van der Waals surface area contributed by atoms with E-state index in [1.807, 2.05) is 0 Å². The Labute approximate surface area is 274 Å². The first kappa shape index (κ1) is 37.0. The second-order valence-electron chi connectivity index (χ2n) is 16.7. The molecule has 0 radical (unpaired) electrons. The van der Waals surface area contributed by atoms with Crippen molar-refractivity contribution in [3.8, 4) is 0 Å². The van der Waals surface area contributed by atoms with Crippen LogP contribution in [0, 0.1) is 0 Å². The molecule has 44 heavy (non-hydrogen) atoms. The van der Waals surface area contributed by atoms with Crippen molar-refractivity contribution in [2.24, 2.45) is 0 Å². The third kappa shape index (κ3) is 7.74. The van der Waals surface area contributed by atoms with Gasteiger partial charge in [-0.3, -0.25) is 0 Å². The fourth-order valence-corrected chi connectivity index (χ4v) is 18.8. The normalized spacial score (nSPS) is 19.3.